The summed E-state index contributed by atoms with van der Waals surface area (Å²) in [4.78, 5) is 9.59. The molecule has 4 nitrogen and oxygen atoms in total. The van der Waals surface area contributed by atoms with Crippen LogP contribution >= 0.6 is 24.0 Å². The fourth-order valence-corrected chi connectivity index (χ4v) is 2.61. The SMILES string of the molecule is CCCCN(C)C(=NCCCCN1CCCC1)NCC.I. The van der Waals surface area contributed by atoms with Crippen LogP contribution in [0.25, 0.3) is 0 Å². The molecule has 1 aliphatic rings. The standard InChI is InChI=1S/C16H34N4.HI/c1-4-6-12-19(3)16(17-5-2)18-11-7-8-13-20-14-9-10-15-20;/h4-15H2,1-3H3,(H,17,18);1H. The van der Waals surface area contributed by atoms with Crippen LogP contribution < -0.4 is 5.32 Å². The Bertz CT molecular complexity index is 265. The van der Waals surface area contributed by atoms with E-state index in [-0.39, 0.29) is 24.0 Å². The summed E-state index contributed by atoms with van der Waals surface area (Å²) in [7, 11) is 2.14. The number of hydrogen-bond acceptors (Lipinski definition) is 2. The van der Waals surface area contributed by atoms with Crippen molar-refractivity contribution >= 4 is 29.9 Å². The number of rotatable bonds is 9. The molecular weight excluding hydrogens is 375 g/mol. The minimum Gasteiger partial charge on any atom is -0.357 e. The maximum atomic E-state index is 4.74. The Hall–Kier alpha value is -0.0400. The first-order valence-electron chi connectivity index (χ1n) is 8.49. The van der Waals surface area contributed by atoms with Gasteiger partial charge in [-0.3, -0.25) is 4.99 Å². The van der Waals surface area contributed by atoms with Gasteiger partial charge < -0.3 is 15.1 Å². The quantitative estimate of drug-likeness (QED) is 0.274. The summed E-state index contributed by atoms with van der Waals surface area (Å²) in [5, 5.41) is 3.39. The summed E-state index contributed by atoms with van der Waals surface area (Å²) < 4.78 is 0. The third-order valence-electron chi connectivity index (χ3n) is 3.89. The van der Waals surface area contributed by atoms with Gasteiger partial charge in [0.05, 0.1) is 0 Å². The van der Waals surface area contributed by atoms with Crippen molar-refractivity contribution in [1.29, 1.82) is 0 Å². The van der Waals surface area contributed by atoms with Crippen molar-refractivity contribution in [3.8, 4) is 0 Å². The van der Waals surface area contributed by atoms with Gasteiger partial charge in [-0.1, -0.05) is 13.3 Å². The molecule has 5 heteroatoms. The van der Waals surface area contributed by atoms with Crippen LogP contribution in [0.1, 0.15) is 52.4 Å². The largest absolute Gasteiger partial charge is 0.357 e. The molecule has 0 aliphatic carbocycles. The van der Waals surface area contributed by atoms with Gasteiger partial charge >= 0.3 is 0 Å². The van der Waals surface area contributed by atoms with Crippen LogP contribution in [0.15, 0.2) is 4.99 Å². The van der Waals surface area contributed by atoms with E-state index in [1.807, 2.05) is 0 Å². The predicted octanol–water partition coefficient (Wildman–Crippen LogP) is 3.18. The monoisotopic (exact) mass is 410 g/mol. The van der Waals surface area contributed by atoms with Crippen LogP contribution in [0.4, 0.5) is 0 Å². The summed E-state index contributed by atoms with van der Waals surface area (Å²) in [5.41, 5.74) is 0. The van der Waals surface area contributed by atoms with Crippen molar-refractivity contribution in [2.24, 2.45) is 4.99 Å². The zero-order chi connectivity index (χ0) is 14.6. The van der Waals surface area contributed by atoms with Crippen LogP contribution in [-0.2, 0) is 0 Å². The molecule has 0 atom stereocenters. The summed E-state index contributed by atoms with van der Waals surface area (Å²) in [6, 6.07) is 0. The van der Waals surface area contributed by atoms with Crippen LogP contribution in [0, 0.1) is 0 Å². The zero-order valence-electron chi connectivity index (χ0n) is 14.2. The molecule has 0 amide bonds. The molecule has 0 aromatic rings. The number of nitrogens with one attached hydrogen (secondary N) is 1. The van der Waals surface area contributed by atoms with E-state index in [1.54, 1.807) is 0 Å². The number of hydrogen-bond donors (Lipinski definition) is 1. The number of aliphatic imine (C=N–C) groups is 1. The van der Waals surface area contributed by atoms with Crippen LogP contribution in [-0.4, -0.2) is 62.1 Å². The maximum absolute atomic E-state index is 4.74. The lowest BCUT2D eigenvalue weighted by Gasteiger charge is -2.21. The third kappa shape index (κ3) is 9.55. The molecule has 0 spiro atoms. The molecule has 21 heavy (non-hydrogen) atoms. The molecule has 1 fully saturated rings. The molecule has 126 valence electrons. The molecule has 0 bridgehead atoms. The lowest BCUT2D eigenvalue weighted by Crippen LogP contribution is -2.39. The van der Waals surface area contributed by atoms with E-state index in [0.29, 0.717) is 0 Å². The van der Waals surface area contributed by atoms with E-state index in [2.05, 4.69) is 36.0 Å². The lowest BCUT2D eigenvalue weighted by atomic mass is 10.3. The van der Waals surface area contributed by atoms with Gasteiger partial charge in [-0.25, -0.2) is 0 Å². The van der Waals surface area contributed by atoms with Crippen LogP contribution in [0.2, 0.25) is 0 Å². The highest BCUT2D eigenvalue weighted by molar-refractivity contribution is 14.0. The maximum Gasteiger partial charge on any atom is 0.193 e. The van der Waals surface area contributed by atoms with E-state index >= 15 is 0 Å². The van der Waals surface area contributed by atoms with Gasteiger partial charge in [-0.05, 0) is 58.7 Å². The predicted molar refractivity (Wildman–Crippen MR) is 104 cm³/mol. The van der Waals surface area contributed by atoms with E-state index in [4.69, 9.17) is 4.99 Å². The first-order chi connectivity index (χ1) is 9.77. The van der Waals surface area contributed by atoms with Gasteiger partial charge in [0.15, 0.2) is 5.96 Å². The average Bonchev–Trinajstić information content (AvgIpc) is 2.96. The summed E-state index contributed by atoms with van der Waals surface area (Å²) in [5.74, 6) is 1.07. The Morgan fingerprint density at radius 2 is 1.86 bits per heavy atom. The molecule has 0 saturated carbocycles. The molecule has 1 aliphatic heterocycles. The summed E-state index contributed by atoms with van der Waals surface area (Å²) >= 11 is 0. The number of unbranched alkanes of at least 4 members (excludes halogenated alkanes) is 2. The normalized spacial score (nSPS) is 15.9. The second-order valence-corrected chi connectivity index (χ2v) is 5.77. The number of nitrogens with zero attached hydrogens (tertiary/aromatic N) is 3. The van der Waals surface area contributed by atoms with Gasteiger partial charge in [0.2, 0.25) is 0 Å². The van der Waals surface area contributed by atoms with Crippen molar-refractivity contribution < 1.29 is 0 Å². The fraction of sp³-hybridized carbons (Fsp3) is 0.938. The second-order valence-electron chi connectivity index (χ2n) is 5.77. The van der Waals surface area contributed by atoms with Crippen molar-refractivity contribution in [2.45, 2.75) is 52.4 Å². The van der Waals surface area contributed by atoms with Crippen molar-refractivity contribution in [1.82, 2.24) is 15.1 Å². The second kappa shape index (κ2) is 13.6. The molecule has 1 heterocycles. The highest BCUT2D eigenvalue weighted by Gasteiger charge is 2.10. The average molecular weight is 410 g/mol. The Balaban J connectivity index is 0.00000400. The fourth-order valence-electron chi connectivity index (χ4n) is 2.61. The Kier molecular flexibility index (Phi) is 13.6. The molecule has 0 radical (unpaired) electrons. The van der Waals surface area contributed by atoms with Gasteiger partial charge in [-0.2, -0.15) is 0 Å². The van der Waals surface area contributed by atoms with Crippen LogP contribution in [0.3, 0.4) is 0 Å². The Morgan fingerprint density at radius 3 is 2.48 bits per heavy atom. The van der Waals surface area contributed by atoms with Crippen molar-refractivity contribution in [3.05, 3.63) is 0 Å². The highest BCUT2D eigenvalue weighted by Crippen LogP contribution is 2.08. The topological polar surface area (TPSA) is 30.9 Å². The number of guanidine groups is 1. The molecule has 1 rings (SSSR count). The Morgan fingerprint density at radius 1 is 1.14 bits per heavy atom. The molecule has 0 aromatic heterocycles. The summed E-state index contributed by atoms with van der Waals surface area (Å²) in [6.07, 6.45) is 7.74. The van der Waals surface area contributed by atoms with Crippen molar-refractivity contribution in [3.63, 3.8) is 0 Å². The zero-order valence-corrected chi connectivity index (χ0v) is 16.6. The minimum absolute atomic E-state index is 0. The van der Waals surface area contributed by atoms with E-state index in [9.17, 15) is 0 Å². The van der Waals surface area contributed by atoms with Gasteiger partial charge in [0, 0.05) is 26.7 Å². The van der Waals surface area contributed by atoms with Gasteiger partial charge in [0.25, 0.3) is 0 Å². The smallest absolute Gasteiger partial charge is 0.193 e. The Labute approximate surface area is 148 Å². The number of likely N-dealkylation sites (tertiary alicyclic amines) is 1. The lowest BCUT2D eigenvalue weighted by molar-refractivity contribution is 0.331. The molecular formula is C16H35IN4. The van der Waals surface area contributed by atoms with Gasteiger partial charge in [-0.15, -0.1) is 24.0 Å². The molecule has 1 saturated heterocycles. The van der Waals surface area contributed by atoms with Crippen molar-refractivity contribution in [2.75, 3.05) is 46.3 Å². The third-order valence-corrected chi connectivity index (χ3v) is 3.89. The van der Waals surface area contributed by atoms with Crippen LogP contribution in [0.5, 0.6) is 0 Å². The summed E-state index contributed by atoms with van der Waals surface area (Å²) in [6.45, 7) is 11.2. The van der Waals surface area contributed by atoms with E-state index in [1.165, 1.54) is 58.2 Å². The highest BCUT2D eigenvalue weighted by atomic mass is 127. The first-order valence-corrected chi connectivity index (χ1v) is 8.49. The molecule has 0 aromatic carbocycles. The van der Waals surface area contributed by atoms with E-state index < -0.39 is 0 Å². The molecule has 0 unspecified atom stereocenters. The molecule has 1 N–H and O–H groups in total. The number of halogens is 1. The van der Waals surface area contributed by atoms with E-state index in [0.717, 1.165) is 25.6 Å². The first kappa shape index (κ1) is 21.0. The van der Waals surface area contributed by atoms with Gasteiger partial charge in [0.1, 0.15) is 0 Å². The minimum atomic E-state index is 0.